The van der Waals surface area contributed by atoms with Crippen LogP contribution in [0.1, 0.15) is 12.6 Å². The number of oxime groups is 1. The van der Waals surface area contributed by atoms with E-state index in [1.165, 1.54) is 0 Å². The molecule has 0 fully saturated rings. The first-order valence-electron chi connectivity index (χ1n) is 4.70. The van der Waals surface area contributed by atoms with Gasteiger partial charge in [0.1, 0.15) is 0 Å². The molecule has 1 aromatic heterocycles. The smallest absolute Gasteiger partial charge is 0.343 e. The number of hydrogen-bond acceptors (Lipinski definition) is 5. The van der Waals surface area contributed by atoms with Gasteiger partial charge in [0, 0.05) is 18.3 Å². The highest BCUT2D eigenvalue weighted by Gasteiger charge is 2.32. The van der Waals surface area contributed by atoms with Gasteiger partial charge in [-0.05, 0) is 6.92 Å². The molecule has 2 rings (SSSR count). The predicted octanol–water partition coefficient (Wildman–Crippen LogP) is -0.172. The van der Waals surface area contributed by atoms with Gasteiger partial charge in [-0.25, -0.2) is 9.78 Å². The summed E-state index contributed by atoms with van der Waals surface area (Å²) in [5, 5.41) is 3.69. The van der Waals surface area contributed by atoms with Crippen molar-refractivity contribution in [3.8, 4) is 0 Å². The number of H-pyrrole nitrogens is 1. The molecule has 0 aromatic carbocycles. The lowest BCUT2D eigenvalue weighted by molar-refractivity contribution is -0.142. The third-order valence-corrected chi connectivity index (χ3v) is 2.41. The number of aromatic amines is 1. The van der Waals surface area contributed by atoms with Crippen molar-refractivity contribution in [3.05, 3.63) is 18.2 Å². The van der Waals surface area contributed by atoms with Crippen LogP contribution >= 0.6 is 0 Å². The molecule has 0 aliphatic carbocycles. The van der Waals surface area contributed by atoms with Crippen LogP contribution in [0.3, 0.4) is 0 Å². The average molecular weight is 208 g/mol. The molecule has 0 spiro atoms. The fourth-order valence-corrected chi connectivity index (χ4v) is 1.50. The van der Waals surface area contributed by atoms with E-state index in [2.05, 4.69) is 20.0 Å². The first kappa shape index (κ1) is 9.85. The molecule has 0 saturated heterocycles. The van der Waals surface area contributed by atoms with E-state index in [1.807, 2.05) is 0 Å². The third-order valence-electron chi connectivity index (χ3n) is 2.41. The molecule has 1 aliphatic rings. The Morgan fingerprint density at radius 2 is 2.53 bits per heavy atom. The van der Waals surface area contributed by atoms with Gasteiger partial charge in [-0.3, -0.25) is 0 Å². The van der Waals surface area contributed by atoms with Crippen LogP contribution < -0.4 is 5.73 Å². The molecule has 2 heterocycles. The topological polar surface area (TPSA) is 93.4 Å². The van der Waals surface area contributed by atoms with Crippen LogP contribution in [0, 0.1) is 5.92 Å². The van der Waals surface area contributed by atoms with Gasteiger partial charge >= 0.3 is 5.97 Å². The maximum atomic E-state index is 11.1. The van der Waals surface area contributed by atoms with Crippen LogP contribution in [0.15, 0.2) is 17.7 Å². The van der Waals surface area contributed by atoms with Gasteiger partial charge in [0.05, 0.1) is 24.0 Å². The van der Waals surface area contributed by atoms with Gasteiger partial charge in [-0.1, -0.05) is 5.16 Å². The number of imidazole rings is 1. The first-order chi connectivity index (χ1) is 7.18. The van der Waals surface area contributed by atoms with Crippen LogP contribution in [0.2, 0.25) is 0 Å². The lowest BCUT2D eigenvalue weighted by Crippen LogP contribution is -2.36. The van der Waals surface area contributed by atoms with Crippen molar-refractivity contribution < 1.29 is 9.63 Å². The summed E-state index contributed by atoms with van der Waals surface area (Å²) in [6, 6.07) is -0.313. The summed E-state index contributed by atoms with van der Waals surface area (Å²) in [5.74, 6) is -0.687. The highest BCUT2D eigenvalue weighted by atomic mass is 16.7. The van der Waals surface area contributed by atoms with Crippen molar-refractivity contribution in [2.45, 2.75) is 19.4 Å². The molecule has 6 heteroatoms. The minimum Gasteiger partial charge on any atom is -0.348 e. The molecule has 0 saturated carbocycles. The molecule has 80 valence electrons. The number of aromatic nitrogens is 2. The highest BCUT2D eigenvalue weighted by molar-refractivity contribution is 6.07. The number of carbonyl (C=O) groups is 1. The molecule has 15 heavy (non-hydrogen) atoms. The third kappa shape index (κ3) is 1.89. The molecule has 1 unspecified atom stereocenters. The molecule has 3 N–H and O–H groups in total. The Balaban J connectivity index is 2.03. The van der Waals surface area contributed by atoms with Crippen molar-refractivity contribution >= 4 is 11.7 Å². The van der Waals surface area contributed by atoms with Crippen molar-refractivity contribution in [1.82, 2.24) is 9.97 Å². The van der Waals surface area contributed by atoms with Crippen molar-refractivity contribution in [2.24, 2.45) is 16.8 Å². The molecule has 2 atom stereocenters. The minimum absolute atomic E-state index is 0.313. The second kappa shape index (κ2) is 3.82. The Kier molecular flexibility index (Phi) is 2.51. The standard InChI is InChI=1S/C9H12N4O2/c1-5-8(13-15-9(5)14)7(10)2-6-3-11-4-12-6/h3-5,7H,2,10H2,1H3,(H,11,12)/t5?,7-/m0/s1. The Bertz CT molecular complexity index is 385. The van der Waals surface area contributed by atoms with Crippen molar-refractivity contribution in [1.29, 1.82) is 0 Å². The van der Waals surface area contributed by atoms with E-state index in [4.69, 9.17) is 5.73 Å². The van der Waals surface area contributed by atoms with Crippen molar-refractivity contribution in [2.75, 3.05) is 0 Å². The molecule has 0 amide bonds. The van der Waals surface area contributed by atoms with E-state index in [1.54, 1.807) is 19.4 Å². The monoisotopic (exact) mass is 208 g/mol. The van der Waals surface area contributed by atoms with E-state index in [-0.39, 0.29) is 17.9 Å². The summed E-state index contributed by atoms with van der Waals surface area (Å²) in [4.78, 5) is 22.5. The molecule has 0 bridgehead atoms. The zero-order valence-electron chi connectivity index (χ0n) is 8.30. The van der Waals surface area contributed by atoms with E-state index >= 15 is 0 Å². The predicted molar refractivity (Wildman–Crippen MR) is 53.0 cm³/mol. The molecule has 0 radical (unpaired) electrons. The second-order valence-corrected chi connectivity index (χ2v) is 3.54. The van der Waals surface area contributed by atoms with Crippen LogP contribution in [-0.4, -0.2) is 27.7 Å². The maximum absolute atomic E-state index is 11.1. The Labute approximate surface area is 86.5 Å². The Hall–Kier alpha value is -1.69. The largest absolute Gasteiger partial charge is 0.348 e. The normalized spacial score (nSPS) is 22.4. The van der Waals surface area contributed by atoms with Crippen LogP contribution in [0.4, 0.5) is 0 Å². The van der Waals surface area contributed by atoms with Crippen LogP contribution in [-0.2, 0) is 16.1 Å². The zero-order valence-corrected chi connectivity index (χ0v) is 8.30. The number of carbonyl (C=O) groups excluding carboxylic acids is 1. The summed E-state index contributed by atoms with van der Waals surface area (Å²) in [6.07, 6.45) is 3.85. The Morgan fingerprint density at radius 3 is 3.07 bits per heavy atom. The lowest BCUT2D eigenvalue weighted by atomic mass is 9.97. The number of nitrogens with two attached hydrogens (primary N) is 1. The number of rotatable bonds is 3. The molecule has 1 aromatic rings. The quantitative estimate of drug-likeness (QED) is 0.674. The van der Waals surface area contributed by atoms with Gasteiger partial charge in [-0.2, -0.15) is 0 Å². The van der Waals surface area contributed by atoms with E-state index in [0.29, 0.717) is 12.1 Å². The lowest BCUT2D eigenvalue weighted by Gasteiger charge is -2.10. The SMILES string of the molecule is CC1C(=O)ON=C1[C@@H](N)Cc1cnc[nH]1. The minimum atomic E-state index is -0.345. The molecule has 1 aliphatic heterocycles. The van der Waals surface area contributed by atoms with Gasteiger partial charge < -0.3 is 15.6 Å². The fourth-order valence-electron chi connectivity index (χ4n) is 1.50. The summed E-state index contributed by atoms with van der Waals surface area (Å²) >= 11 is 0. The number of nitrogens with one attached hydrogen (secondary N) is 1. The van der Waals surface area contributed by atoms with Crippen molar-refractivity contribution in [3.63, 3.8) is 0 Å². The second-order valence-electron chi connectivity index (χ2n) is 3.54. The van der Waals surface area contributed by atoms with Gasteiger partial charge in [0.25, 0.3) is 0 Å². The fraction of sp³-hybridized carbons (Fsp3) is 0.444. The van der Waals surface area contributed by atoms with E-state index in [0.717, 1.165) is 5.69 Å². The zero-order chi connectivity index (χ0) is 10.8. The van der Waals surface area contributed by atoms with E-state index < -0.39 is 0 Å². The molecular formula is C9H12N4O2. The van der Waals surface area contributed by atoms with Gasteiger partial charge in [0.2, 0.25) is 0 Å². The highest BCUT2D eigenvalue weighted by Crippen LogP contribution is 2.14. The molecular weight excluding hydrogens is 196 g/mol. The van der Waals surface area contributed by atoms with E-state index in [9.17, 15) is 4.79 Å². The summed E-state index contributed by atoms with van der Waals surface area (Å²) in [6.45, 7) is 1.74. The summed E-state index contributed by atoms with van der Waals surface area (Å²) in [5.41, 5.74) is 7.42. The van der Waals surface area contributed by atoms with Gasteiger partial charge in [-0.15, -0.1) is 0 Å². The first-order valence-corrected chi connectivity index (χ1v) is 4.70. The average Bonchev–Trinajstić information content (AvgIpc) is 2.79. The maximum Gasteiger partial charge on any atom is 0.343 e. The number of nitrogens with zero attached hydrogens (tertiary/aromatic N) is 2. The summed E-state index contributed by atoms with van der Waals surface area (Å²) < 4.78 is 0. The Morgan fingerprint density at radius 1 is 1.73 bits per heavy atom. The van der Waals surface area contributed by atoms with Gasteiger partial charge in [0.15, 0.2) is 0 Å². The summed E-state index contributed by atoms with van der Waals surface area (Å²) in [7, 11) is 0. The molecule has 6 nitrogen and oxygen atoms in total. The van der Waals surface area contributed by atoms with Crippen LogP contribution in [0.5, 0.6) is 0 Å². The number of hydrogen-bond donors (Lipinski definition) is 2. The van der Waals surface area contributed by atoms with Crippen LogP contribution in [0.25, 0.3) is 0 Å².